The molecule has 110 valence electrons. The minimum Gasteiger partial charge on any atom is -0.479 e. The molecule has 1 saturated heterocycles. The molecule has 7 heteroatoms. The van der Waals surface area contributed by atoms with E-state index >= 15 is 0 Å². The number of hydrogen-bond donors (Lipinski definition) is 2. The first-order valence-electron chi connectivity index (χ1n) is 6.64. The maximum absolute atomic E-state index is 12.8. The van der Waals surface area contributed by atoms with Gasteiger partial charge in [-0.3, -0.25) is 4.79 Å². The molecule has 0 bridgehead atoms. The second kappa shape index (κ2) is 5.19. The first-order valence-corrected chi connectivity index (χ1v) is 6.64. The summed E-state index contributed by atoms with van der Waals surface area (Å²) in [5.74, 6) is -1.58. The van der Waals surface area contributed by atoms with Crippen molar-refractivity contribution in [1.29, 1.82) is 0 Å². The third-order valence-corrected chi connectivity index (χ3v) is 3.79. The molecule has 0 saturated carbocycles. The number of benzene rings is 1. The van der Waals surface area contributed by atoms with E-state index in [0.717, 1.165) is 0 Å². The highest BCUT2D eigenvalue weighted by atomic mass is 16.7. The predicted octanol–water partition coefficient (Wildman–Crippen LogP) is 0.927. The van der Waals surface area contributed by atoms with Crippen LogP contribution >= 0.6 is 0 Å². The number of hydrogen-bond acceptors (Lipinski definition) is 6. The molecular weight excluding hydrogens is 274 g/mol. The number of aliphatic carboxylic acids is 1. The number of Topliss-reactive ketones (excluding diaryl/α,β-unsaturated/α-hetero) is 1. The molecule has 21 heavy (non-hydrogen) atoms. The summed E-state index contributed by atoms with van der Waals surface area (Å²) in [6.07, 6.45) is 3.79. The maximum atomic E-state index is 12.8. The van der Waals surface area contributed by atoms with Crippen LogP contribution in [0.4, 0.5) is 0 Å². The van der Waals surface area contributed by atoms with Gasteiger partial charge in [-0.25, -0.2) is 9.91 Å². The Morgan fingerprint density at radius 2 is 2.05 bits per heavy atom. The van der Waals surface area contributed by atoms with Crippen LogP contribution in [-0.2, 0) is 9.63 Å². The lowest BCUT2D eigenvalue weighted by Gasteiger charge is -2.37. The number of rotatable bonds is 4. The molecule has 0 aliphatic carbocycles. The Balaban J connectivity index is 2.01. The van der Waals surface area contributed by atoms with Gasteiger partial charge >= 0.3 is 5.97 Å². The summed E-state index contributed by atoms with van der Waals surface area (Å²) in [7, 11) is 0. The van der Waals surface area contributed by atoms with Gasteiger partial charge in [0, 0.05) is 12.1 Å². The van der Waals surface area contributed by atoms with Crippen LogP contribution in [0.25, 0.3) is 0 Å². The fourth-order valence-corrected chi connectivity index (χ4v) is 2.80. The van der Waals surface area contributed by atoms with E-state index in [0.29, 0.717) is 18.5 Å². The average molecular weight is 289 g/mol. The standard InChI is InChI=1S/C14H15N3O4/c18-12(11-5-2-1-3-6-11)14(13(19)20)7-4-8-16(14)17-9-10-21-15-17/h1-3,5-6,9-10,15H,4,7-8H2,(H,19,20). The van der Waals surface area contributed by atoms with E-state index in [-0.39, 0.29) is 6.42 Å². The molecule has 2 N–H and O–H groups in total. The highest BCUT2D eigenvalue weighted by Gasteiger charge is 2.56. The van der Waals surface area contributed by atoms with Crippen molar-refractivity contribution in [1.82, 2.24) is 15.7 Å². The van der Waals surface area contributed by atoms with E-state index < -0.39 is 17.3 Å². The number of carboxylic acids is 1. The first kappa shape index (κ1) is 13.6. The summed E-state index contributed by atoms with van der Waals surface area (Å²) in [6, 6.07) is 8.49. The zero-order valence-corrected chi connectivity index (χ0v) is 11.2. The van der Waals surface area contributed by atoms with E-state index in [4.69, 9.17) is 4.84 Å². The molecule has 7 nitrogen and oxygen atoms in total. The van der Waals surface area contributed by atoms with Gasteiger partial charge in [-0.1, -0.05) is 35.9 Å². The van der Waals surface area contributed by atoms with Crippen molar-refractivity contribution >= 4 is 11.8 Å². The van der Waals surface area contributed by atoms with Gasteiger partial charge in [0.05, 0.1) is 6.20 Å². The fraction of sp³-hybridized carbons (Fsp3) is 0.286. The van der Waals surface area contributed by atoms with Crippen molar-refractivity contribution in [3.8, 4) is 0 Å². The Labute approximate surface area is 121 Å². The lowest BCUT2D eigenvalue weighted by atomic mass is 9.87. The Kier molecular flexibility index (Phi) is 3.36. The second-order valence-electron chi connectivity index (χ2n) is 4.93. The number of nitrogens with zero attached hydrogens (tertiary/aromatic N) is 2. The monoisotopic (exact) mass is 289 g/mol. The Morgan fingerprint density at radius 1 is 1.29 bits per heavy atom. The molecule has 0 radical (unpaired) electrons. The second-order valence-corrected chi connectivity index (χ2v) is 4.93. The van der Waals surface area contributed by atoms with Gasteiger partial charge in [0.15, 0.2) is 5.78 Å². The van der Waals surface area contributed by atoms with Crippen LogP contribution in [0, 0.1) is 0 Å². The summed E-state index contributed by atoms with van der Waals surface area (Å²) >= 11 is 0. The minimum atomic E-state index is -1.62. The Hall–Kier alpha value is -2.38. The molecule has 0 amide bonds. The first-order chi connectivity index (χ1) is 10.2. The zero-order valence-electron chi connectivity index (χ0n) is 11.2. The molecular formula is C14H15N3O4. The number of nitrogens with one attached hydrogen (secondary N) is 1. The van der Waals surface area contributed by atoms with Crippen molar-refractivity contribution in [2.75, 3.05) is 6.54 Å². The number of carbonyl (C=O) groups excluding carboxylic acids is 1. The maximum Gasteiger partial charge on any atom is 0.334 e. The smallest absolute Gasteiger partial charge is 0.334 e. The van der Waals surface area contributed by atoms with Crippen LogP contribution in [0.15, 0.2) is 42.8 Å². The normalized spacial score (nSPS) is 25.0. The van der Waals surface area contributed by atoms with Crippen LogP contribution in [-0.4, -0.2) is 39.1 Å². The molecule has 1 fully saturated rings. The highest BCUT2D eigenvalue weighted by molar-refractivity contribution is 6.16. The van der Waals surface area contributed by atoms with E-state index in [1.54, 1.807) is 36.5 Å². The van der Waals surface area contributed by atoms with Gasteiger partial charge in [-0.2, -0.15) is 5.01 Å². The number of ketones is 1. The van der Waals surface area contributed by atoms with Crippen molar-refractivity contribution < 1.29 is 19.5 Å². The molecule has 1 atom stereocenters. The van der Waals surface area contributed by atoms with Crippen LogP contribution in [0.3, 0.4) is 0 Å². The zero-order chi connectivity index (χ0) is 14.9. The van der Waals surface area contributed by atoms with Crippen LogP contribution in [0.1, 0.15) is 23.2 Å². The molecule has 3 rings (SSSR count). The average Bonchev–Trinajstić information content (AvgIpc) is 3.16. The lowest BCUT2D eigenvalue weighted by Crippen LogP contribution is -2.62. The predicted molar refractivity (Wildman–Crippen MR) is 72.3 cm³/mol. The molecule has 0 spiro atoms. The molecule has 2 aliphatic rings. The largest absolute Gasteiger partial charge is 0.479 e. The van der Waals surface area contributed by atoms with Gasteiger partial charge < -0.3 is 9.94 Å². The third kappa shape index (κ3) is 2.07. The molecule has 1 aromatic carbocycles. The van der Waals surface area contributed by atoms with Gasteiger partial charge in [-0.05, 0) is 12.8 Å². The molecule has 2 aliphatic heterocycles. The summed E-state index contributed by atoms with van der Waals surface area (Å²) in [6.45, 7) is 0.450. The van der Waals surface area contributed by atoms with Crippen LogP contribution < -0.4 is 5.59 Å². The lowest BCUT2D eigenvalue weighted by molar-refractivity contribution is -0.168. The van der Waals surface area contributed by atoms with Gasteiger partial charge in [-0.15, -0.1) is 0 Å². The van der Waals surface area contributed by atoms with Gasteiger partial charge in [0.25, 0.3) is 0 Å². The highest BCUT2D eigenvalue weighted by Crippen LogP contribution is 2.34. The van der Waals surface area contributed by atoms with Gasteiger partial charge in [0.1, 0.15) is 6.26 Å². The topological polar surface area (TPSA) is 82.1 Å². The van der Waals surface area contributed by atoms with Crippen molar-refractivity contribution in [2.45, 2.75) is 18.4 Å². The Bertz CT molecular complexity index is 589. The number of carboxylic acid groups (broad SMARTS) is 1. The Morgan fingerprint density at radius 3 is 2.67 bits per heavy atom. The SMILES string of the molecule is O=C(O)C1(C(=O)c2ccccc2)CCCN1N1C=CON1. The van der Waals surface area contributed by atoms with E-state index in [1.807, 2.05) is 0 Å². The summed E-state index contributed by atoms with van der Waals surface area (Å²) in [5, 5.41) is 12.6. The van der Waals surface area contributed by atoms with Crippen molar-refractivity contribution in [3.05, 3.63) is 48.4 Å². The molecule has 2 heterocycles. The summed E-state index contributed by atoms with van der Waals surface area (Å²) in [4.78, 5) is 29.6. The summed E-state index contributed by atoms with van der Waals surface area (Å²) in [5.41, 5.74) is 1.31. The quantitative estimate of drug-likeness (QED) is 0.630. The fourth-order valence-electron chi connectivity index (χ4n) is 2.80. The molecule has 1 aromatic rings. The minimum absolute atomic E-state index is 0.252. The van der Waals surface area contributed by atoms with Crippen molar-refractivity contribution in [3.63, 3.8) is 0 Å². The summed E-state index contributed by atoms with van der Waals surface area (Å²) < 4.78 is 0. The number of hydrazine groups is 2. The van der Waals surface area contributed by atoms with Gasteiger partial charge in [0.2, 0.25) is 5.54 Å². The molecule has 1 unspecified atom stereocenters. The van der Waals surface area contributed by atoms with E-state index in [9.17, 15) is 14.7 Å². The van der Waals surface area contributed by atoms with Crippen molar-refractivity contribution in [2.24, 2.45) is 0 Å². The van der Waals surface area contributed by atoms with E-state index in [1.165, 1.54) is 16.4 Å². The van der Waals surface area contributed by atoms with Crippen LogP contribution in [0.2, 0.25) is 0 Å². The van der Waals surface area contributed by atoms with Crippen LogP contribution in [0.5, 0.6) is 0 Å². The molecule has 0 aromatic heterocycles. The third-order valence-electron chi connectivity index (χ3n) is 3.79. The van der Waals surface area contributed by atoms with E-state index in [2.05, 4.69) is 5.59 Å². The number of carbonyl (C=O) groups is 2.